The smallest absolute Gasteiger partial charge is 0.355 e. The van der Waals surface area contributed by atoms with Gasteiger partial charge in [0.25, 0.3) is 0 Å². The molecule has 2 aromatic rings. The summed E-state index contributed by atoms with van der Waals surface area (Å²) in [6.45, 7) is 5.27. The van der Waals surface area contributed by atoms with Gasteiger partial charge in [0.05, 0.1) is 5.56 Å². The molecule has 0 aliphatic heterocycles. The SMILES string of the molecule is CCCO[SiH](OCCC)c1ccc(-c2c(F)cc(F)cc2F)cc1. The molecular formula is C18H21F3O2Si. The molecule has 0 fully saturated rings. The first-order chi connectivity index (χ1) is 11.6. The van der Waals surface area contributed by atoms with Crippen molar-refractivity contribution < 1.29 is 22.0 Å². The molecule has 0 aliphatic rings. The van der Waals surface area contributed by atoms with Crippen molar-refractivity contribution in [3.05, 3.63) is 53.8 Å². The molecular weight excluding hydrogens is 333 g/mol. The van der Waals surface area contributed by atoms with Crippen LogP contribution in [0.25, 0.3) is 11.1 Å². The van der Waals surface area contributed by atoms with Gasteiger partial charge in [0.2, 0.25) is 0 Å². The number of rotatable bonds is 8. The minimum atomic E-state index is -2.02. The van der Waals surface area contributed by atoms with E-state index < -0.39 is 26.7 Å². The first-order valence-electron chi connectivity index (χ1n) is 8.04. The highest BCUT2D eigenvalue weighted by Gasteiger charge is 2.18. The van der Waals surface area contributed by atoms with Gasteiger partial charge in [0.15, 0.2) is 0 Å². The van der Waals surface area contributed by atoms with Gasteiger partial charge in [0, 0.05) is 25.3 Å². The molecule has 6 heteroatoms. The first-order valence-corrected chi connectivity index (χ1v) is 9.56. The Morgan fingerprint density at radius 2 is 1.33 bits per heavy atom. The van der Waals surface area contributed by atoms with E-state index in [1.165, 1.54) is 0 Å². The molecule has 0 aliphatic carbocycles. The third kappa shape index (κ3) is 4.69. The van der Waals surface area contributed by atoms with Crippen LogP contribution in [0.3, 0.4) is 0 Å². The molecule has 130 valence electrons. The van der Waals surface area contributed by atoms with Gasteiger partial charge in [-0.3, -0.25) is 0 Å². The van der Waals surface area contributed by atoms with Crippen molar-refractivity contribution in [2.75, 3.05) is 13.2 Å². The summed E-state index contributed by atoms with van der Waals surface area (Å²) >= 11 is 0. The van der Waals surface area contributed by atoms with Crippen LogP contribution in [0.15, 0.2) is 36.4 Å². The second kappa shape index (κ2) is 9.01. The zero-order valence-corrected chi connectivity index (χ0v) is 15.0. The maximum absolute atomic E-state index is 13.9. The van der Waals surface area contributed by atoms with Crippen molar-refractivity contribution in [3.63, 3.8) is 0 Å². The van der Waals surface area contributed by atoms with E-state index in [4.69, 9.17) is 8.85 Å². The lowest BCUT2D eigenvalue weighted by Gasteiger charge is -2.17. The number of hydrogen-bond acceptors (Lipinski definition) is 2. The van der Waals surface area contributed by atoms with Gasteiger partial charge in [-0.05, 0) is 23.6 Å². The van der Waals surface area contributed by atoms with E-state index in [9.17, 15) is 13.2 Å². The van der Waals surface area contributed by atoms with Crippen molar-refractivity contribution in [3.8, 4) is 11.1 Å². The van der Waals surface area contributed by atoms with Gasteiger partial charge in [0.1, 0.15) is 17.5 Å². The molecule has 0 atom stereocenters. The minimum absolute atomic E-state index is 0.231. The van der Waals surface area contributed by atoms with Gasteiger partial charge in [-0.1, -0.05) is 38.1 Å². The van der Waals surface area contributed by atoms with Gasteiger partial charge < -0.3 is 8.85 Å². The fraction of sp³-hybridized carbons (Fsp3) is 0.333. The molecule has 0 heterocycles. The van der Waals surface area contributed by atoms with Crippen molar-refractivity contribution in [1.82, 2.24) is 0 Å². The molecule has 2 aromatic carbocycles. The van der Waals surface area contributed by atoms with Crippen LogP contribution in [0, 0.1) is 17.5 Å². The summed E-state index contributed by atoms with van der Waals surface area (Å²) in [6.07, 6.45) is 1.78. The predicted molar refractivity (Wildman–Crippen MR) is 91.0 cm³/mol. The van der Waals surface area contributed by atoms with Crippen molar-refractivity contribution in [2.45, 2.75) is 26.7 Å². The van der Waals surface area contributed by atoms with Crippen LogP contribution in [0.1, 0.15) is 26.7 Å². The third-order valence-corrected chi connectivity index (χ3v) is 5.43. The third-order valence-electron chi connectivity index (χ3n) is 3.43. The normalized spacial score (nSPS) is 11.2. The molecule has 0 radical (unpaired) electrons. The Bertz CT molecular complexity index is 631. The fourth-order valence-corrected chi connectivity index (χ4v) is 4.20. The lowest BCUT2D eigenvalue weighted by molar-refractivity contribution is 0.207. The van der Waals surface area contributed by atoms with E-state index >= 15 is 0 Å². The Morgan fingerprint density at radius 3 is 1.79 bits per heavy atom. The number of halogens is 3. The van der Waals surface area contributed by atoms with Gasteiger partial charge >= 0.3 is 9.28 Å². The van der Waals surface area contributed by atoms with Gasteiger partial charge in [-0.2, -0.15) is 0 Å². The molecule has 0 spiro atoms. The van der Waals surface area contributed by atoms with E-state index in [0.717, 1.165) is 18.0 Å². The van der Waals surface area contributed by atoms with Gasteiger partial charge in [-0.25, -0.2) is 13.2 Å². The van der Waals surface area contributed by atoms with Crippen LogP contribution in [0.4, 0.5) is 13.2 Å². The largest absolute Gasteiger partial charge is 0.393 e. The molecule has 0 bridgehead atoms. The topological polar surface area (TPSA) is 18.5 Å². The summed E-state index contributed by atoms with van der Waals surface area (Å²) < 4.78 is 52.4. The second-order valence-electron chi connectivity index (χ2n) is 5.44. The molecule has 0 amide bonds. The summed E-state index contributed by atoms with van der Waals surface area (Å²) in [5.41, 5.74) is 0.123. The van der Waals surface area contributed by atoms with Crippen LogP contribution >= 0.6 is 0 Å². The van der Waals surface area contributed by atoms with Crippen molar-refractivity contribution >= 4 is 14.5 Å². The zero-order valence-electron chi connectivity index (χ0n) is 13.8. The molecule has 24 heavy (non-hydrogen) atoms. The monoisotopic (exact) mass is 354 g/mol. The molecule has 0 saturated heterocycles. The summed E-state index contributed by atoms with van der Waals surface area (Å²) in [4.78, 5) is 0. The van der Waals surface area contributed by atoms with E-state index in [1.807, 2.05) is 13.8 Å². The van der Waals surface area contributed by atoms with E-state index in [0.29, 0.717) is 30.9 Å². The van der Waals surface area contributed by atoms with Crippen LogP contribution in [-0.2, 0) is 8.85 Å². The van der Waals surface area contributed by atoms with Crippen LogP contribution in [0.2, 0.25) is 0 Å². The van der Waals surface area contributed by atoms with Gasteiger partial charge in [-0.15, -0.1) is 0 Å². The van der Waals surface area contributed by atoms with Crippen molar-refractivity contribution in [1.29, 1.82) is 0 Å². The van der Waals surface area contributed by atoms with Crippen molar-refractivity contribution in [2.24, 2.45) is 0 Å². The highest BCUT2D eigenvalue weighted by molar-refractivity contribution is 6.61. The Labute approximate surface area is 142 Å². The highest BCUT2D eigenvalue weighted by atomic mass is 28.3. The molecule has 0 unspecified atom stereocenters. The number of hydrogen-bond donors (Lipinski definition) is 0. The van der Waals surface area contributed by atoms with E-state index in [2.05, 4.69) is 0 Å². The maximum atomic E-state index is 13.9. The van der Waals surface area contributed by atoms with Crippen LogP contribution in [-0.4, -0.2) is 22.5 Å². The first kappa shape index (κ1) is 18.7. The van der Waals surface area contributed by atoms with E-state index in [-0.39, 0.29) is 5.56 Å². The molecule has 0 saturated carbocycles. The molecule has 2 rings (SSSR count). The Morgan fingerprint density at radius 1 is 0.833 bits per heavy atom. The fourth-order valence-electron chi connectivity index (χ4n) is 2.32. The summed E-state index contributed by atoms with van der Waals surface area (Å²) in [6, 6.07) is 8.11. The maximum Gasteiger partial charge on any atom is 0.355 e. The van der Waals surface area contributed by atoms with Crippen LogP contribution < -0.4 is 5.19 Å². The highest BCUT2D eigenvalue weighted by Crippen LogP contribution is 2.26. The molecule has 0 N–H and O–H groups in total. The number of benzene rings is 2. The Kier molecular flexibility index (Phi) is 7.02. The summed E-state index contributed by atoms with van der Waals surface area (Å²) in [5.74, 6) is -2.77. The van der Waals surface area contributed by atoms with Crippen LogP contribution in [0.5, 0.6) is 0 Å². The molecule has 2 nitrogen and oxygen atoms in total. The average Bonchev–Trinajstić information content (AvgIpc) is 2.55. The Balaban J connectivity index is 2.25. The second-order valence-corrected chi connectivity index (χ2v) is 7.44. The quantitative estimate of drug-likeness (QED) is 0.666. The Hall–Kier alpha value is -1.63. The summed E-state index contributed by atoms with van der Waals surface area (Å²) in [5, 5.41) is 0.906. The summed E-state index contributed by atoms with van der Waals surface area (Å²) in [7, 11) is -2.02. The standard InChI is InChI=1S/C18H21F3O2Si/c1-3-9-22-24(23-10-4-2)15-7-5-13(6-8-15)18-16(20)11-14(19)12-17(18)21/h5-8,11-12,24H,3-4,9-10H2,1-2H3. The minimum Gasteiger partial charge on any atom is -0.393 e. The van der Waals surface area contributed by atoms with E-state index in [1.54, 1.807) is 24.3 Å². The average molecular weight is 354 g/mol. The predicted octanol–water partition coefficient (Wildman–Crippen LogP) is 4.05. The zero-order chi connectivity index (χ0) is 17.5. The molecule has 0 aromatic heterocycles. The lowest BCUT2D eigenvalue weighted by atomic mass is 10.0. The lowest BCUT2D eigenvalue weighted by Crippen LogP contribution is -2.37.